The number of benzene rings is 1. The van der Waals surface area contributed by atoms with Gasteiger partial charge in [0.25, 0.3) is 0 Å². The number of hydrogen-bond donors (Lipinski definition) is 1. The number of carbonyl (C=O) groups is 2. The van der Waals surface area contributed by atoms with E-state index in [0.717, 1.165) is 31.4 Å². The third-order valence-corrected chi connectivity index (χ3v) is 4.28. The Labute approximate surface area is 131 Å². The fraction of sp³-hybridized carbons (Fsp3) is 0.529. The number of nitrogens with zero attached hydrogens (tertiary/aromatic N) is 2. The van der Waals surface area contributed by atoms with Crippen molar-refractivity contribution in [3.05, 3.63) is 35.4 Å². The summed E-state index contributed by atoms with van der Waals surface area (Å²) in [7, 11) is 1.84. The Morgan fingerprint density at radius 3 is 2.73 bits per heavy atom. The second-order valence-corrected chi connectivity index (χ2v) is 5.85. The minimum Gasteiger partial charge on any atom is -0.478 e. The van der Waals surface area contributed by atoms with Gasteiger partial charge in [0.15, 0.2) is 0 Å². The summed E-state index contributed by atoms with van der Waals surface area (Å²) < 4.78 is 0. The van der Waals surface area contributed by atoms with Gasteiger partial charge >= 0.3 is 5.97 Å². The first-order chi connectivity index (χ1) is 10.5. The third kappa shape index (κ3) is 3.65. The quantitative estimate of drug-likeness (QED) is 0.875. The van der Waals surface area contributed by atoms with Crippen LogP contribution in [0.2, 0.25) is 0 Å². The lowest BCUT2D eigenvalue weighted by molar-refractivity contribution is -0.140. The Morgan fingerprint density at radius 2 is 2.05 bits per heavy atom. The molecule has 1 aromatic rings. The molecule has 22 heavy (non-hydrogen) atoms. The number of rotatable bonds is 6. The van der Waals surface area contributed by atoms with Crippen LogP contribution in [0, 0.1) is 0 Å². The molecule has 1 unspecified atom stereocenters. The van der Waals surface area contributed by atoms with E-state index in [1.807, 2.05) is 19.2 Å². The average Bonchev–Trinajstić information content (AvgIpc) is 2.51. The second kappa shape index (κ2) is 7.40. The van der Waals surface area contributed by atoms with Crippen LogP contribution >= 0.6 is 0 Å². The molecule has 5 nitrogen and oxygen atoms in total. The van der Waals surface area contributed by atoms with Gasteiger partial charge in [-0.3, -0.25) is 9.69 Å². The third-order valence-electron chi connectivity index (χ3n) is 4.28. The van der Waals surface area contributed by atoms with Gasteiger partial charge in [-0.05, 0) is 18.1 Å². The van der Waals surface area contributed by atoms with E-state index in [-0.39, 0.29) is 11.9 Å². The molecule has 0 radical (unpaired) electrons. The van der Waals surface area contributed by atoms with E-state index >= 15 is 0 Å². The molecule has 1 aromatic carbocycles. The number of unbranched alkanes of at least 4 members (excludes halogenated alkanes) is 1. The van der Waals surface area contributed by atoms with Crippen molar-refractivity contribution in [1.29, 1.82) is 0 Å². The van der Waals surface area contributed by atoms with E-state index < -0.39 is 5.97 Å². The van der Waals surface area contributed by atoms with Gasteiger partial charge in [-0.25, -0.2) is 4.79 Å². The van der Waals surface area contributed by atoms with E-state index in [1.165, 1.54) is 0 Å². The van der Waals surface area contributed by atoms with Gasteiger partial charge in [-0.2, -0.15) is 0 Å². The summed E-state index contributed by atoms with van der Waals surface area (Å²) in [5.74, 6) is -0.770. The van der Waals surface area contributed by atoms with E-state index in [1.54, 1.807) is 17.0 Å². The minimum atomic E-state index is -0.916. The number of hydrogen-bond acceptors (Lipinski definition) is 3. The predicted molar refractivity (Wildman–Crippen MR) is 84.8 cm³/mol. The maximum atomic E-state index is 12.4. The number of amides is 1. The molecule has 0 bridgehead atoms. The van der Waals surface area contributed by atoms with Crippen LogP contribution in [-0.2, 0) is 11.3 Å². The molecule has 1 N–H and O–H groups in total. The molecule has 1 saturated heterocycles. The number of carboxylic acids is 1. The van der Waals surface area contributed by atoms with Gasteiger partial charge in [0.1, 0.15) is 0 Å². The zero-order valence-corrected chi connectivity index (χ0v) is 13.3. The predicted octanol–water partition coefficient (Wildman–Crippen LogP) is 2.22. The normalized spacial score (nSPS) is 19.5. The zero-order chi connectivity index (χ0) is 16.1. The van der Waals surface area contributed by atoms with Crippen molar-refractivity contribution in [3.8, 4) is 0 Å². The van der Waals surface area contributed by atoms with Crippen LogP contribution in [0.3, 0.4) is 0 Å². The van der Waals surface area contributed by atoms with Crippen LogP contribution in [-0.4, -0.2) is 53.0 Å². The monoisotopic (exact) mass is 304 g/mol. The largest absolute Gasteiger partial charge is 0.478 e. The number of aromatic carboxylic acids is 1. The van der Waals surface area contributed by atoms with Crippen LogP contribution in [0.1, 0.15) is 42.1 Å². The first-order valence-corrected chi connectivity index (χ1v) is 7.84. The summed E-state index contributed by atoms with van der Waals surface area (Å²) in [5, 5.41) is 9.30. The topological polar surface area (TPSA) is 60.9 Å². The molecule has 0 spiro atoms. The molecule has 0 saturated carbocycles. The van der Waals surface area contributed by atoms with Gasteiger partial charge in [0, 0.05) is 26.7 Å². The summed E-state index contributed by atoms with van der Waals surface area (Å²) in [5.41, 5.74) is 1.09. The first kappa shape index (κ1) is 16.5. The van der Waals surface area contributed by atoms with Gasteiger partial charge in [-0.1, -0.05) is 38.0 Å². The Morgan fingerprint density at radius 1 is 1.32 bits per heavy atom. The molecule has 1 amide bonds. The van der Waals surface area contributed by atoms with Crippen molar-refractivity contribution in [1.82, 2.24) is 9.80 Å². The number of likely N-dealkylation sites (N-methyl/N-ethyl adjacent to an activating group) is 1. The lowest BCUT2D eigenvalue weighted by Gasteiger charge is -2.39. The summed E-state index contributed by atoms with van der Waals surface area (Å²) in [4.78, 5) is 27.7. The fourth-order valence-electron chi connectivity index (χ4n) is 2.93. The zero-order valence-electron chi connectivity index (χ0n) is 13.3. The Bertz CT molecular complexity index is 544. The SMILES string of the molecule is CCCCC1C(=O)N(C)CCN1Cc1ccccc1C(=O)O. The maximum Gasteiger partial charge on any atom is 0.336 e. The smallest absolute Gasteiger partial charge is 0.336 e. The highest BCUT2D eigenvalue weighted by Crippen LogP contribution is 2.20. The van der Waals surface area contributed by atoms with Crippen LogP contribution in [0.25, 0.3) is 0 Å². The highest BCUT2D eigenvalue weighted by Gasteiger charge is 2.32. The van der Waals surface area contributed by atoms with Crippen molar-refractivity contribution in [2.24, 2.45) is 0 Å². The fourth-order valence-corrected chi connectivity index (χ4v) is 2.93. The average molecular weight is 304 g/mol. The standard InChI is InChI=1S/C17H24N2O3/c1-3-4-9-15-16(20)18(2)10-11-19(15)12-13-7-5-6-8-14(13)17(21)22/h5-8,15H,3-4,9-12H2,1-2H3,(H,21,22). The molecule has 1 atom stereocenters. The van der Waals surface area contributed by atoms with Gasteiger partial charge in [0.05, 0.1) is 11.6 Å². The van der Waals surface area contributed by atoms with Crippen molar-refractivity contribution >= 4 is 11.9 Å². The second-order valence-electron chi connectivity index (χ2n) is 5.85. The lowest BCUT2D eigenvalue weighted by atomic mass is 10.0. The molecule has 2 rings (SSSR count). The van der Waals surface area contributed by atoms with E-state index in [2.05, 4.69) is 11.8 Å². The first-order valence-electron chi connectivity index (χ1n) is 7.84. The molecule has 0 aromatic heterocycles. The molecular formula is C17H24N2O3. The molecule has 5 heteroatoms. The van der Waals surface area contributed by atoms with Crippen molar-refractivity contribution < 1.29 is 14.7 Å². The number of piperazine rings is 1. The van der Waals surface area contributed by atoms with E-state index in [4.69, 9.17) is 0 Å². The number of carbonyl (C=O) groups excluding carboxylic acids is 1. The van der Waals surface area contributed by atoms with Crippen molar-refractivity contribution in [3.63, 3.8) is 0 Å². The Kier molecular flexibility index (Phi) is 5.55. The van der Waals surface area contributed by atoms with Gasteiger partial charge in [-0.15, -0.1) is 0 Å². The van der Waals surface area contributed by atoms with Gasteiger partial charge < -0.3 is 10.0 Å². The summed E-state index contributed by atoms with van der Waals surface area (Å²) in [6.07, 6.45) is 2.88. The maximum absolute atomic E-state index is 12.4. The molecular weight excluding hydrogens is 280 g/mol. The molecule has 1 heterocycles. The Balaban J connectivity index is 2.19. The molecule has 120 valence electrons. The van der Waals surface area contributed by atoms with Crippen molar-refractivity contribution in [2.75, 3.05) is 20.1 Å². The van der Waals surface area contributed by atoms with Crippen LogP contribution in [0.15, 0.2) is 24.3 Å². The highest BCUT2D eigenvalue weighted by molar-refractivity contribution is 5.89. The molecule has 1 aliphatic rings. The van der Waals surface area contributed by atoms with E-state index in [0.29, 0.717) is 18.7 Å². The van der Waals surface area contributed by atoms with Crippen molar-refractivity contribution in [2.45, 2.75) is 38.8 Å². The summed E-state index contributed by atoms with van der Waals surface area (Å²) >= 11 is 0. The number of carboxylic acid groups (broad SMARTS) is 1. The minimum absolute atomic E-state index is 0.138. The molecule has 1 aliphatic heterocycles. The van der Waals surface area contributed by atoms with Gasteiger partial charge in [0.2, 0.25) is 5.91 Å². The van der Waals surface area contributed by atoms with E-state index in [9.17, 15) is 14.7 Å². The van der Waals surface area contributed by atoms with Crippen LogP contribution < -0.4 is 0 Å². The molecule has 0 aliphatic carbocycles. The lowest BCUT2D eigenvalue weighted by Crippen LogP contribution is -2.55. The summed E-state index contributed by atoms with van der Waals surface area (Å²) in [6.45, 7) is 4.10. The highest BCUT2D eigenvalue weighted by atomic mass is 16.4. The molecule has 1 fully saturated rings. The summed E-state index contributed by atoms with van der Waals surface area (Å²) in [6, 6.07) is 6.90. The van der Waals surface area contributed by atoms with Crippen LogP contribution in [0.5, 0.6) is 0 Å². The Hall–Kier alpha value is -1.88. The van der Waals surface area contributed by atoms with Crippen LogP contribution in [0.4, 0.5) is 0 Å².